The fourth-order valence-corrected chi connectivity index (χ4v) is 4.99. The number of fused-ring (bicyclic) bond motifs is 5. The number of hydrogen-bond donors (Lipinski definition) is 1. The van der Waals surface area contributed by atoms with Crippen LogP contribution in [0.4, 0.5) is 0 Å². The highest BCUT2D eigenvalue weighted by atomic mass is 16.2. The first kappa shape index (κ1) is 15.0. The van der Waals surface area contributed by atoms with E-state index in [4.69, 9.17) is 0 Å². The van der Waals surface area contributed by atoms with Crippen LogP contribution in [0.2, 0.25) is 0 Å². The van der Waals surface area contributed by atoms with Crippen LogP contribution in [0.1, 0.15) is 43.9 Å². The first-order chi connectivity index (χ1) is 12.1. The minimum atomic E-state index is -0.659. The highest BCUT2D eigenvalue weighted by Crippen LogP contribution is 2.39. The standard InChI is InChI=1S/C20H23N3O2/c1-20-9-5-4-8-18(24)23(20)11-13-10-17-15(12-22(13)19(20)25)14-6-2-3-7-16(14)21-17/h2-3,6-7,13,21H,4-5,8-12H2,1H3. The second kappa shape index (κ2) is 5.10. The Morgan fingerprint density at radius 2 is 2.04 bits per heavy atom. The molecule has 0 aliphatic carbocycles. The number of benzene rings is 1. The van der Waals surface area contributed by atoms with Crippen molar-refractivity contribution >= 4 is 22.7 Å². The van der Waals surface area contributed by atoms with E-state index in [-0.39, 0.29) is 17.9 Å². The fourth-order valence-electron chi connectivity index (χ4n) is 4.99. The third-order valence-corrected chi connectivity index (χ3v) is 6.43. The number of hydrogen-bond acceptors (Lipinski definition) is 2. The number of nitrogens with zero attached hydrogens (tertiary/aromatic N) is 2. The van der Waals surface area contributed by atoms with Gasteiger partial charge in [-0.25, -0.2) is 0 Å². The summed E-state index contributed by atoms with van der Waals surface area (Å²) in [6, 6.07) is 8.39. The molecule has 2 aromatic rings. The number of amides is 2. The van der Waals surface area contributed by atoms with Crippen molar-refractivity contribution in [3.63, 3.8) is 0 Å². The molecule has 25 heavy (non-hydrogen) atoms. The molecular weight excluding hydrogens is 314 g/mol. The summed E-state index contributed by atoms with van der Waals surface area (Å²) in [5, 5.41) is 1.22. The van der Waals surface area contributed by atoms with E-state index in [1.165, 1.54) is 16.6 Å². The van der Waals surface area contributed by atoms with E-state index in [0.717, 1.165) is 31.2 Å². The van der Waals surface area contributed by atoms with Crippen LogP contribution in [0.5, 0.6) is 0 Å². The minimum Gasteiger partial charge on any atom is -0.358 e. The van der Waals surface area contributed by atoms with Gasteiger partial charge in [0.2, 0.25) is 11.8 Å². The average Bonchev–Trinajstić information content (AvgIpc) is 2.90. The molecule has 0 spiro atoms. The van der Waals surface area contributed by atoms with Gasteiger partial charge in [0.15, 0.2) is 0 Å². The summed E-state index contributed by atoms with van der Waals surface area (Å²) in [7, 11) is 0. The molecule has 2 fully saturated rings. The van der Waals surface area contributed by atoms with Crippen LogP contribution in [0.25, 0.3) is 10.9 Å². The largest absolute Gasteiger partial charge is 0.358 e. The van der Waals surface area contributed by atoms with Crippen molar-refractivity contribution < 1.29 is 9.59 Å². The predicted octanol–water partition coefficient (Wildman–Crippen LogP) is 2.60. The third kappa shape index (κ3) is 2.01. The Bertz CT molecular complexity index is 886. The number of rotatable bonds is 0. The van der Waals surface area contributed by atoms with Crippen molar-refractivity contribution in [2.45, 2.75) is 57.2 Å². The lowest BCUT2D eigenvalue weighted by Gasteiger charge is -2.52. The number of para-hydroxylation sites is 1. The van der Waals surface area contributed by atoms with Crippen LogP contribution < -0.4 is 0 Å². The average molecular weight is 337 g/mol. The van der Waals surface area contributed by atoms with Gasteiger partial charge in [0.1, 0.15) is 5.54 Å². The minimum absolute atomic E-state index is 0.0863. The van der Waals surface area contributed by atoms with Gasteiger partial charge in [-0.1, -0.05) is 24.6 Å². The van der Waals surface area contributed by atoms with Crippen molar-refractivity contribution in [2.24, 2.45) is 0 Å². The quantitative estimate of drug-likeness (QED) is 0.803. The molecule has 4 heterocycles. The summed E-state index contributed by atoms with van der Waals surface area (Å²) in [6.07, 6.45) is 4.00. The summed E-state index contributed by atoms with van der Waals surface area (Å²) in [6.45, 7) is 3.29. The molecule has 130 valence electrons. The zero-order valence-electron chi connectivity index (χ0n) is 14.5. The Labute approximate surface area is 147 Å². The molecule has 1 N–H and O–H groups in total. The van der Waals surface area contributed by atoms with Crippen molar-refractivity contribution in [3.05, 3.63) is 35.5 Å². The van der Waals surface area contributed by atoms with Crippen molar-refractivity contribution in [1.82, 2.24) is 14.8 Å². The van der Waals surface area contributed by atoms with E-state index in [1.54, 1.807) is 0 Å². The number of piperazine rings is 1. The molecule has 5 nitrogen and oxygen atoms in total. The molecule has 0 bridgehead atoms. The summed E-state index contributed by atoms with van der Waals surface area (Å²) >= 11 is 0. The Hall–Kier alpha value is -2.30. The van der Waals surface area contributed by atoms with Crippen LogP contribution in [0, 0.1) is 0 Å². The highest BCUT2D eigenvalue weighted by Gasteiger charge is 2.52. The van der Waals surface area contributed by atoms with E-state index in [1.807, 2.05) is 28.9 Å². The first-order valence-electron chi connectivity index (χ1n) is 9.28. The second-order valence-electron chi connectivity index (χ2n) is 7.90. The predicted molar refractivity (Wildman–Crippen MR) is 94.9 cm³/mol. The monoisotopic (exact) mass is 337 g/mol. The molecule has 3 aliphatic rings. The molecule has 2 amide bonds. The summed E-state index contributed by atoms with van der Waals surface area (Å²) in [5.74, 6) is 0.283. The Kier molecular flexibility index (Phi) is 3.06. The smallest absolute Gasteiger partial charge is 0.248 e. The molecule has 2 saturated heterocycles. The molecule has 0 saturated carbocycles. The number of H-pyrrole nitrogens is 1. The normalized spacial score (nSPS) is 29.2. The van der Waals surface area contributed by atoms with Gasteiger partial charge >= 0.3 is 0 Å². The van der Waals surface area contributed by atoms with Gasteiger partial charge in [-0.3, -0.25) is 9.59 Å². The zero-order valence-corrected chi connectivity index (χ0v) is 14.5. The van der Waals surface area contributed by atoms with E-state index in [2.05, 4.69) is 17.1 Å². The maximum absolute atomic E-state index is 13.4. The number of nitrogens with one attached hydrogen (secondary N) is 1. The van der Waals surface area contributed by atoms with Gasteiger partial charge in [0.25, 0.3) is 0 Å². The Morgan fingerprint density at radius 1 is 1.20 bits per heavy atom. The molecule has 0 radical (unpaired) electrons. The SMILES string of the molecule is CC12CCCCC(=O)N1CC1Cc3[nH]c4ccccc4c3CN1C2=O. The Balaban J connectivity index is 1.57. The van der Waals surface area contributed by atoms with E-state index < -0.39 is 5.54 Å². The molecule has 3 aliphatic heterocycles. The van der Waals surface area contributed by atoms with Crippen molar-refractivity contribution in [1.29, 1.82) is 0 Å². The fraction of sp³-hybridized carbons (Fsp3) is 0.500. The number of carbonyl (C=O) groups excluding carboxylic acids is 2. The van der Waals surface area contributed by atoms with Crippen LogP contribution in [0.15, 0.2) is 24.3 Å². The first-order valence-corrected chi connectivity index (χ1v) is 9.28. The molecular formula is C20H23N3O2. The lowest BCUT2D eigenvalue weighted by atomic mass is 9.85. The maximum atomic E-state index is 13.4. The van der Waals surface area contributed by atoms with Crippen LogP contribution in [-0.2, 0) is 22.6 Å². The third-order valence-electron chi connectivity index (χ3n) is 6.43. The van der Waals surface area contributed by atoms with Gasteiger partial charge in [0, 0.05) is 48.1 Å². The summed E-state index contributed by atoms with van der Waals surface area (Å²) in [5.41, 5.74) is 2.95. The van der Waals surface area contributed by atoms with Gasteiger partial charge < -0.3 is 14.8 Å². The van der Waals surface area contributed by atoms with Gasteiger partial charge in [-0.2, -0.15) is 0 Å². The number of aromatic amines is 1. The molecule has 5 heteroatoms. The van der Waals surface area contributed by atoms with Crippen LogP contribution in [-0.4, -0.2) is 44.7 Å². The zero-order chi connectivity index (χ0) is 17.2. The number of aromatic nitrogens is 1. The molecule has 2 unspecified atom stereocenters. The lowest BCUT2D eigenvalue weighted by molar-refractivity contribution is -0.165. The van der Waals surface area contributed by atoms with Crippen molar-refractivity contribution in [3.8, 4) is 0 Å². The van der Waals surface area contributed by atoms with E-state index in [0.29, 0.717) is 19.5 Å². The molecule has 1 aromatic carbocycles. The molecule has 2 atom stereocenters. The second-order valence-corrected chi connectivity index (χ2v) is 7.90. The summed E-state index contributed by atoms with van der Waals surface area (Å²) < 4.78 is 0. The van der Waals surface area contributed by atoms with Gasteiger partial charge in [0.05, 0.1) is 6.04 Å². The molecule has 1 aromatic heterocycles. The van der Waals surface area contributed by atoms with Crippen LogP contribution >= 0.6 is 0 Å². The van der Waals surface area contributed by atoms with Gasteiger partial charge in [-0.05, 0) is 25.8 Å². The van der Waals surface area contributed by atoms with E-state index in [9.17, 15) is 9.59 Å². The topological polar surface area (TPSA) is 56.4 Å². The van der Waals surface area contributed by atoms with E-state index >= 15 is 0 Å². The van der Waals surface area contributed by atoms with Crippen LogP contribution in [0.3, 0.4) is 0 Å². The number of carbonyl (C=O) groups is 2. The Morgan fingerprint density at radius 3 is 2.92 bits per heavy atom. The maximum Gasteiger partial charge on any atom is 0.248 e. The highest BCUT2D eigenvalue weighted by molar-refractivity contribution is 5.94. The summed E-state index contributed by atoms with van der Waals surface area (Å²) in [4.78, 5) is 33.5. The lowest BCUT2D eigenvalue weighted by Crippen LogP contribution is -2.69. The molecule has 5 rings (SSSR count). The van der Waals surface area contributed by atoms with Gasteiger partial charge in [-0.15, -0.1) is 0 Å². The van der Waals surface area contributed by atoms with Crippen molar-refractivity contribution in [2.75, 3.05) is 6.54 Å².